The first-order valence-corrected chi connectivity index (χ1v) is 12.1. The molecule has 0 aliphatic rings. The van der Waals surface area contributed by atoms with Crippen LogP contribution in [0.2, 0.25) is 10.0 Å². The lowest BCUT2D eigenvalue weighted by Crippen LogP contribution is -2.25. The van der Waals surface area contributed by atoms with E-state index in [4.69, 9.17) is 43.2 Å². The molecule has 0 radical (unpaired) electrons. The van der Waals surface area contributed by atoms with Gasteiger partial charge < -0.3 is 19.0 Å². The lowest BCUT2D eigenvalue weighted by Gasteiger charge is -2.09. The van der Waals surface area contributed by atoms with Gasteiger partial charge in [0.05, 0.1) is 29.2 Å². The number of hydrogen-bond donors (Lipinski definition) is 2. The van der Waals surface area contributed by atoms with Crippen molar-refractivity contribution in [2.24, 2.45) is 0 Å². The number of fused-ring (bicyclic) bond motifs is 1. The lowest BCUT2D eigenvalue weighted by molar-refractivity contribution is -0.192. The van der Waals surface area contributed by atoms with Crippen LogP contribution in [0.4, 0.5) is 26.3 Å². The molecule has 7 nitrogen and oxygen atoms in total. The molecule has 40 heavy (non-hydrogen) atoms. The van der Waals surface area contributed by atoms with Crippen molar-refractivity contribution in [1.82, 2.24) is 14.1 Å². The van der Waals surface area contributed by atoms with Gasteiger partial charge in [-0.25, -0.2) is 4.79 Å². The summed E-state index contributed by atoms with van der Waals surface area (Å²) in [6, 6.07) is 14.9. The minimum Gasteiger partial charge on any atom is -0.492 e. The Morgan fingerprint density at radius 3 is 2.12 bits per heavy atom. The third-order valence-corrected chi connectivity index (χ3v) is 5.88. The molecule has 2 aromatic heterocycles. The number of para-hydroxylation sites is 2. The van der Waals surface area contributed by atoms with E-state index >= 15 is 0 Å². The van der Waals surface area contributed by atoms with Gasteiger partial charge in [-0.2, -0.15) is 26.3 Å². The number of aryl methyl sites for hydroxylation is 1. The molecule has 214 valence electrons. The highest BCUT2D eigenvalue weighted by atomic mass is 35.5. The second-order valence-electron chi connectivity index (χ2n) is 8.18. The van der Waals surface area contributed by atoms with E-state index in [0.717, 1.165) is 17.1 Å². The Morgan fingerprint density at radius 2 is 1.60 bits per heavy atom. The van der Waals surface area contributed by atoms with Gasteiger partial charge in [0.2, 0.25) is 5.62 Å². The van der Waals surface area contributed by atoms with Gasteiger partial charge >= 0.3 is 18.3 Å². The normalized spacial score (nSPS) is 11.7. The van der Waals surface area contributed by atoms with Crippen LogP contribution >= 0.6 is 23.2 Å². The van der Waals surface area contributed by atoms with E-state index in [1.165, 1.54) is 12.3 Å². The third kappa shape index (κ3) is 7.92. The average Bonchev–Trinajstić information content (AvgIpc) is 3.13. The number of carboxylic acids is 1. The van der Waals surface area contributed by atoms with Gasteiger partial charge in [0, 0.05) is 17.8 Å². The number of rotatable bonds is 7. The first-order valence-electron chi connectivity index (χ1n) is 11.3. The third-order valence-electron chi connectivity index (χ3n) is 5.35. The zero-order chi connectivity index (χ0) is 29.7. The van der Waals surface area contributed by atoms with Gasteiger partial charge in [-0.1, -0.05) is 41.4 Å². The predicted molar refractivity (Wildman–Crippen MR) is 134 cm³/mol. The van der Waals surface area contributed by atoms with Gasteiger partial charge in [0.1, 0.15) is 11.4 Å². The molecule has 0 saturated heterocycles. The fraction of sp³-hybridized carbons (Fsp3) is 0.240. The van der Waals surface area contributed by atoms with Crippen LogP contribution in [-0.4, -0.2) is 38.0 Å². The first kappa shape index (κ1) is 30.8. The maximum atomic E-state index is 12.8. The highest BCUT2D eigenvalue weighted by molar-refractivity contribution is 6.35. The number of benzene rings is 2. The molecule has 0 saturated carbocycles. The number of aliphatic carboxylic acids is 1. The molecule has 0 spiro atoms. The number of pyridine rings is 1. The van der Waals surface area contributed by atoms with Gasteiger partial charge in [-0.3, -0.25) is 10.4 Å². The fourth-order valence-electron chi connectivity index (χ4n) is 3.55. The van der Waals surface area contributed by atoms with Crippen LogP contribution < -0.4 is 10.4 Å². The summed E-state index contributed by atoms with van der Waals surface area (Å²) < 4.78 is 79.4. The molecule has 2 aromatic carbocycles. The van der Waals surface area contributed by atoms with Gasteiger partial charge in [-0.05, 0) is 48.4 Å². The topological polar surface area (TPSA) is 93.1 Å². The summed E-state index contributed by atoms with van der Waals surface area (Å²) in [4.78, 5) is 12.4. The van der Waals surface area contributed by atoms with E-state index in [1.54, 1.807) is 22.8 Å². The van der Waals surface area contributed by atoms with Crippen molar-refractivity contribution in [2.45, 2.75) is 31.9 Å². The van der Waals surface area contributed by atoms with Crippen LogP contribution in [0.25, 0.3) is 11.0 Å². The van der Waals surface area contributed by atoms with Crippen LogP contribution in [0, 0.1) is 5.41 Å². The molecule has 4 rings (SSSR count). The molecule has 0 aliphatic heterocycles. The second-order valence-corrected chi connectivity index (χ2v) is 9.02. The van der Waals surface area contributed by atoms with Crippen molar-refractivity contribution in [3.05, 3.63) is 87.7 Å². The Balaban J connectivity index is 0.000000559. The van der Waals surface area contributed by atoms with Crippen molar-refractivity contribution >= 4 is 40.2 Å². The van der Waals surface area contributed by atoms with E-state index < -0.39 is 24.0 Å². The van der Waals surface area contributed by atoms with Crippen molar-refractivity contribution in [3.8, 4) is 5.75 Å². The quantitative estimate of drug-likeness (QED) is 0.178. The van der Waals surface area contributed by atoms with Gasteiger partial charge in [-0.15, -0.1) is 0 Å². The largest absolute Gasteiger partial charge is 0.492 e. The van der Waals surface area contributed by atoms with Crippen molar-refractivity contribution in [3.63, 3.8) is 0 Å². The number of imidazole rings is 1. The molecule has 0 atom stereocenters. The Kier molecular flexibility index (Phi) is 9.74. The number of carbonyl (C=O) groups is 1. The molecule has 0 unspecified atom stereocenters. The van der Waals surface area contributed by atoms with Crippen LogP contribution in [0.5, 0.6) is 5.75 Å². The summed E-state index contributed by atoms with van der Waals surface area (Å²) in [5.74, 6) is -2.22. The fourth-order valence-corrected chi connectivity index (χ4v) is 4.01. The van der Waals surface area contributed by atoms with Crippen LogP contribution in [-0.2, 0) is 24.1 Å². The zero-order valence-corrected chi connectivity index (χ0v) is 21.7. The minimum atomic E-state index is -5.08. The van der Waals surface area contributed by atoms with Crippen molar-refractivity contribution < 1.29 is 41.0 Å². The smallest absolute Gasteiger partial charge is 0.490 e. The van der Waals surface area contributed by atoms with E-state index in [0.29, 0.717) is 40.9 Å². The Bertz CT molecular complexity index is 1530. The maximum absolute atomic E-state index is 12.8. The molecule has 0 bridgehead atoms. The Hall–Kier alpha value is -3.71. The Morgan fingerprint density at radius 1 is 0.975 bits per heavy atom. The molecule has 0 fully saturated rings. The molecule has 0 amide bonds. The number of nitrogens with one attached hydrogen (secondary N) is 1. The second kappa shape index (κ2) is 12.6. The summed E-state index contributed by atoms with van der Waals surface area (Å²) in [6.07, 6.45) is -7.75. The lowest BCUT2D eigenvalue weighted by atomic mass is 10.2. The summed E-state index contributed by atoms with van der Waals surface area (Å²) in [5, 5.41) is 16.8. The van der Waals surface area contributed by atoms with Crippen LogP contribution in [0.15, 0.2) is 60.8 Å². The molecule has 2 N–H and O–H groups in total. The molecular weight excluding hydrogens is 589 g/mol. The number of alkyl halides is 6. The molecule has 2 heterocycles. The van der Waals surface area contributed by atoms with E-state index in [1.807, 2.05) is 28.8 Å². The number of halogens is 8. The number of nitrogens with zero attached hydrogens (tertiary/aromatic N) is 3. The number of carboxylic acid groups (broad SMARTS) is 1. The molecule has 0 aliphatic carbocycles. The average molecular weight is 609 g/mol. The maximum Gasteiger partial charge on any atom is 0.490 e. The van der Waals surface area contributed by atoms with Crippen LogP contribution in [0.1, 0.15) is 17.7 Å². The standard InChI is InChI=1S/C23H19Cl2F3N4O.C2HF3O2/c24-16-7-8-20(17(25)12-16)33-11-3-10-31-18-4-1-2-5-19(18)32(22(31)29)14-15-6-9-21(30-13-15)23(26,27)28;3-2(4,5)1(6)7/h1-2,4-9,12-13,29H,3,10-11,14H2;(H,6,7). The zero-order valence-electron chi connectivity index (χ0n) is 20.2. The Labute approximate surface area is 232 Å². The summed E-state index contributed by atoms with van der Waals surface area (Å²) in [5.41, 5.74) is 1.53. The number of aromatic nitrogens is 3. The molecule has 4 aromatic rings. The first-order chi connectivity index (χ1) is 18.7. The minimum absolute atomic E-state index is 0.231. The van der Waals surface area contributed by atoms with E-state index in [9.17, 15) is 26.3 Å². The van der Waals surface area contributed by atoms with Crippen molar-refractivity contribution in [2.75, 3.05) is 6.61 Å². The highest BCUT2D eigenvalue weighted by Crippen LogP contribution is 2.28. The van der Waals surface area contributed by atoms with Gasteiger partial charge in [0.15, 0.2) is 0 Å². The summed E-state index contributed by atoms with van der Waals surface area (Å²) in [7, 11) is 0. The SMILES string of the molecule is N=c1n(CCCOc2ccc(Cl)cc2Cl)c2ccccc2n1Cc1ccc(C(F)(F)F)nc1.O=C(O)C(F)(F)F. The van der Waals surface area contributed by atoms with E-state index in [2.05, 4.69) is 4.98 Å². The van der Waals surface area contributed by atoms with Gasteiger partial charge in [0.25, 0.3) is 0 Å². The summed E-state index contributed by atoms with van der Waals surface area (Å²) >= 11 is 12.0. The van der Waals surface area contributed by atoms with Crippen molar-refractivity contribution in [1.29, 1.82) is 5.41 Å². The summed E-state index contributed by atoms with van der Waals surface area (Å²) in [6.45, 7) is 1.13. The predicted octanol–water partition coefficient (Wildman–Crippen LogP) is 6.79. The monoisotopic (exact) mass is 608 g/mol. The molecular formula is C25H20Cl2F6N4O3. The van der Waals surface area contributed by atoms with Crippen LogP contribution in [0.3, 0.4) is 0 Å². The van der Waals surface area contributed by atoms with E-state index in [-0.39, 0.29) is 12.2 Å². The highest BCUT2D eigenvalue weighted by Gasteiger charge is 2.38. The molecule has 15 heteroatoms. The number of ether oxygens (including phenoxy) is 1. The number of hydrogen-bond acceptors (Lipinski definition) is 4.